The first-order valence-electron chi connectivity index (χ1n) is 13.2. The van der Waals surface area contributed by atoms with Crippen LogP contribution < -0.4 is 15.0 Å². The van der Waals surface area contributed by atoms with E-state index in [-0.39, 0.29) is 30.9 Å². The number of ether oxygens (including phenoxy) is 1. The molecule has 0 saturated heterocycles. The minimum Gasteiger partial charge on any atom is -0.455 e. The normalized spacial score (nSPS) is 14.9. The molecule has 1 aliphatic carbocycles. The van der Waals surface area contributed by atoms with Gasteiger partial charge in [0.1, 0.15) is 5.75 Å². The molecule has 1 N–H and O–H groups in total. The number of amides is 2. The number of hydrogen-bond donors (Lipinski definition) is 1. The maximum absolute atomic E-state index is 13.6. The van der Waals surface area contributed by atoms with E-state index in [0.717, 1.165) is 31.3 Å². The average molecular weight is 571 g/mol. The zero-order valence-corrected chi connectivity index (χ0v) is 24.4. The first-order chi connectivity index (χ1) is 18.7. The van der Waals surface area contributed by atoms with E-state index in [4.69, 9.17) is 27.9 Å². The minimum absolute atomic E-state index is 0.0149. The quantitative estimate of drug-likeness (QED) is 0.259. The number of carbonyl (C=O) groups excluding carboxylic acids is 2. The van der Waals surface area contributed by atoms with E-state index >= 15 is 0 Å². The van der Waals surface area contributed by atoms with Gasteiger partial charge >= 0.3 is 0 Å². The Labute approximate surface area is 241 Å². The van der Waals surface area contributed by atoms with Gasteiger partial charge in [0, 0.05) is 29.7 Å². The van der Waals surface area contributed by atoms with Crippen molar-refractivity contribution in [2.45, 2.75) is 45.6 Å². The molecule has 0 saturated carbocycles. The Hall–Kier alpha value is -3.22. The van der Waals surface area contributed by atoms with Gasteiger partial charge in [-0.25, -0.2) is 0 Å². The van der Waals surface area contributed by atoms with Crippen molar-refractivity contribution in [2.24, 2.45) is 0 Å². The first kappa shape index (κ1) is 30.3. The molecule has 1 atom stereocenters. The Balaban J connectivity index is 1.86. The Kier molecular flexibility index (Phi) is 11.5. The van der Waals surface area contributed by atoms with Crippen LogP contribution in [0.3, 0.4) is 0 Å². The van der Waals surface area contributed by atoms with E-state index in [1.54, 1.807) is 52.3 Å². The third-order valence-electron chi connectivity index (χ3n) is 6.70. The number of rotatable bonds is 13. The standard InChI is InChI=1S/C31H37Cl2N3O3/c1-5-8-16-34-30(37)20-36(21-31(38)35(4)26-17-22(7-3)23(18-26)9-6-2)28-19-25(33)12-15-29(28)39-27-13-10-24(32)11-14-27/h6-7,9-15,19,26H,3,5,8,16-18,20-21H2,1-2,4H3,(H,34,37)/b9-6-. The highest BCUT2D eigenvalue weighted by atomic mass is 35.5. The van der Waals surface area contributed by atoms with Crippen molar-refractivity contribution >= 4 is 40.7 Å². The molecule has 0 bridgehead atoms. The molecule has 2 aromatic carbocycles. The van der Waals surface area contributed by atoms with Gasteiger partial charge in [-0.1, -0.05) is 61.4 Å². The molecule has 0 radical (unpaired) electrons. The second kappa shape index (κ2) is 14.8. The average Bonchev–Trinajstić information content (AvgIpc) is 3.33. The van der Waals surface area contributed by atoms with Crippen molar-refractivity contribution in [2.75, 3.05) is 31.6 Å². The van der Waals surface area contributed by atoms with Crippen LogP contribution in [0.25, 0.3) is 0 Å². The lowest BCUT2D eigenvalue weighted by molar-refractivity contribution is -0.130. The molecular formula is C31H37Cl2N3O3. The Morgan fingerprint density at radius 2 is 1.77 bits per heavy atom. The maximum atomic E-state index is 13.6. The van der Waals surface area contributed by atoms with Crippen molar-refractivity contribution < 1.29 is 14.3 Å². The fourth-order valence-corrected chi connectivity index (χ4v) is 4.79. The third-order valence-corrected chi connectivity index (χ3v) is 7.18. The highest BCUT2D eigenvalue weighted by molar-refractivity contribution is 6.31. The number of nitrogens with zero attached hydrogens (tertiary/aromatic N) is 2. The van der Waals surface area contributed by atoms with Gasteiger partial charge in [0.15, 0.2) is 5.75 Å². The van der Waals surface area contributed by atoms with Crippen LogP contribution in [0.2, 0.25) is 10.0 Å². The van der Waals surface area contributed by atoms with Gasteiger partial charge in [0.25, 0.3) is 0 Å². The second-order valence-corrected chi connectivity index (χ2v) is 10.4. The van der Waals surface area contributed by atoms with Gasteiger partial charge < -0.3 is 19.9 Å². The van der Waals surface area contributed by atoms with Crippen LogP contribution in [0.4, 0.5) is 5.69 Å². The van der Waals surface area contributed by atoms with E-state index in [9.17, 15) is 9.59 Å². The van der Waals surface area contributed by atoms with Crippen LogP contribution in [0.1, 0.15) is 39.5 Å². The molecule has 39 heavy (non-hydrogen) atoms. The Morgan fingerprint density at radius 3 is 2.44 bits per heavy atom. The molecule has 0 aromatic heterocycles. The van der Waals surface area contributed by atoms with Gasteiger partial charge in [-0.2, -0.15) is 0 Å². The fourth-order valence-electron chi connectivity index (χ4n) is 4.50. The predicted molar refractivity (Wildman–Crippen MR) is 161 cm³/mol. The van der Waals surface area contributed by atoms with Crippen molar-refractivity contribution in [3.8, 4) is 11.5 Å². The zero-order chi connectivity index (χ0) is 28.4. The number of allylic oxidation sites excluding steroid dienone is 3. The van der Waals surface area contributed by atoms with Crippen molar-refractivity contribution in [3.05, 3.63) is 88.5 Å². The maximum Gasteiger partial charge on any atom is 0.242 e. The lowest BCUT2D eigenvalue weighted by Gasteiger charge is -2.30. The molecule has 8 heteroatoms. The molecular weight excluding hydrogens is 533 g/mol. The summed E-state index contributed by atoms with van der Waals surface area (Å²) in [6, 6.07) is 12.2. The van der Waals surface area contributed by atoms with Crippen LogP contribution >= 0.6 is 23.2 Å². The number of benzene rings is 2. The lowest BCUT2D eigenvalue weighted by atomic mass is 10.1. The van der Waals surface area contributed by atoms with E-state index < -0.39 is 0 Å². The summed E-state index contributed by atoms with van der Waals surface area (Å²) >= 11 is 12.4. The van der Waals surface area contributed by atoms with Crippen LogP contribution in [0, 0.1) is 0 Å². The summed E-state index contributed by atoms with van der Waals surface area (Å²) in [5.41, 5.74) is 2.90. The molecule has 208 valence electrons. The molecule has 6 nitrogen and oxygen atoms in total. The number of halogens is 2. The van der Waals surface area contributed by atoms with Crippen molar-refractivity contribution in [1.29, 1.82) is 0 Å². The largest absolute Gasteiger partial charge is 0.455 e. The van der Waals surface area contributed by atoms with E-state index in [1.165, 1.54) is 5.57 Å². The number of carbonyl (C=O) groups is 2. The van der Waals surface area contributed by atoms with Gasteiger partial charge in [-0.3, -0.25) is 9.59 Å². The van der Waals surface area contributed by atoms with Gasteiger partial charge in [0.05, 0.1) is 18.8 Å². The van der Waals surface area contributed by atoms with Crippen molar-refractivity contribution in [1.82, 2.24) is 10.2 Å². The topological polar surface area (TPSA) is 61.9 Å². The first-order valence-corrected chi connectivity index (χ1v) is 14.0. The number of likely N-dealkylation sites (N-methyl/N-ethyl adjacent to an activating group) is 1. The predicted octanol–water partition coefficient (Wildman–Crippen LogP) is 7.19. The Bertz CT molecular complexity index is 1220. The molecule has 1 unspecified atom stereocenters. The molecule has 0 fully saturated rings. The van der Waals surface area contributed by atoms with Crippen LogP contribution in [-0.2, 0) is 9.59 Å². The second-order valence-electron chi connectivity index (χ2n) is 9.55. The van der Waals surface area contributed by atoms with Crippen LogP contribution in [-0.4, -0.2) is 49.4 Å². The van der Waals surface area contributed by atoms with Gasteiger partial charge in [-0.05, 0) is 79.8 Å². The molecule has 1 aliphatic rings. The highest BCUT2D eigenvalue weighted by Gasteiger charge is 2.29. The lowest BCUT2D eigenvalue weighted by Crippen LogP contribution is -2.46. The van der Waals surface area contributed by atoms with Crippen LogP contribution in [0.5, 0.6) is 11.5 Å². The van der Waals surface area contributed by atoms with E-state index in [2.05, 4.69) is 24.9 Å². The summed E-state index contributed by atoms with van der Waals surface area (Å²) in [6.45, 7) is 8.52. The van der Waals surface area contributed by atoms with Crippen LogP contribution in [0.15, 0.2) is 78.4 Å². The summed E-state index contributed by atoms with van der Waals surface area (Å²) < 4.78 is 6.15. The summed E-state index contributed by atoms with van der Waals surface area (Å²) in [4.78, 5) is 30.0. The molecule has 2 aromatic rings. The van der Waals surface area contributed by atoms with Gasteiger partial charge in [0.2, 0.25) is 11.8 Å². The minimum atomic E-state index is -0.178. The summed E-state index contributed by atoms with van der Waals surface area (Å²) in [5.74, 6) is 0.765. The zero-order valence-electron chi connectivity index (χ0n) is 22.9. The smallest absolute Gasteiger partial charge is 0.242 e. The summed E-state index contributed by atoms with van der Waals surface area (Å²) in [7, 11) is 1.81. The van der Waals surface area contributed by atoms with Gasteiger partial charge in [-0.15, -0.1) is 0 Å². The monoisotopic (exact) mass is 569 g/mol. The fraction of sp³-hybridized carbons (Fsp3) is 0.355. The molecule has 2 amide bonds. The molecule has 0 spiro atoms. The summed E-state index contributed by atoms with van der Waals surface area (Å²) in [5, 5.41) is 4.01. The molecule has 3 rings (SSSR count). The van der Waals surface area contributed by atoms with E-state index in [1.807, 2.05) is 26.1 Å². The number of hydrogen-bond acceptors (Lipinski definition) is 4. The number of unbranched alkanes of at least 4 members (excludes halogenated alkanes) is 1. The number of nitrogens with one attached hydrogen (secondary N) is 1. The van der Waals surface area contributed by atoms with Crippen molar-refractivity contribution in [3.63, 3.8) is 0 Å². The summed E-state index contributed by atoms with van der Waals surface area (Å²) in [6.07, 6.45) is 9.30. The van der Waals surface area contributed by atoms with E-state index in [0.29, 0.717) is 33.8 Å². The molecule has 0 aliphatic heterocycles. The Morgan fingerprint density at radius 1 is 1.08 bits per heavy atom. The molecule has 0 heterocycles. The highest BCUT2D eigenvalue weighted by Crippen LogP contribution is 2.36. The SMILES string of the molecule is C=CC1=C(/C=C\C)CC(N(C)C(=O)CN(CC(=O)NCCCC)c2cc(Cl)ccc2Oc2ccc(Cl)cc2)C1. The third kappa shape index (κ3) is 8.64. The number of anilines is 1.